The lowest BCUT2D eigenvalue weighted by molar-refractivity contribution is 0.176. The van der Waals surface area contributed by atoms with Gasteiger partial charge >= 0.3 is 0 Å². The fraction of sp³-hybridized carbons (Fsp3) is 0.810. The van der Waals surface area contributed by atoms with Gasteiger partial charge in [0.1, 0.15) is 0 Å². The van der Waals surface area contributed by atoms with E-state index in [4.69, 9.17) is 9.97 Å². The lowest BCUT2D eigenvalue weighted by Crippen LogP contribution is -2.56. The summed E-state index contributed by atoms with van der Waals surface area (Å²) in [4.78, 5) is 19.7. The van der Waals surface area contributed by atoms with Crippen LogP contribution >= 0.6 is 0 Å². The molecule has 0 amide bonds. The van der Waals surface area contributed by atoms with Crippen molar-refractivity contribution in [2.24, 2.45) is 0 Å². The molecule has 3 saturated heterocycles. The van der Waals surface area contributed by atoms with Gasteiger partial charge in [0, 0.05) is 57.4 Å². The molecule has 3 aliphatic rings. The van der Waals surface area contributed by atoms with Crippen molar-refractivity contribution in [3.8, 4) is 0 Å². The molecule has 150 valence electrons. The predicted octanol–water partition coefficient (Wildman–Crippen LogP) is 2.46. The monoisotopic (exact) mass is 372 g/mol. The van der Waals surface area contributed by atoms with E-state index in [0.29, 0.717) is 18.1 Å². The van der Waals surface area contributed by atoms with E-state index >= 15 is 0 Å². The Kier molecular flexibility index (Phi) is 5.83. The van der Waals surface area contributed by atoms with E-state index in [0.717, 1.165) is 45.2 Å². The molecule has 2 bridgehead atoms. The summed E-state index contributed by atoms with van der Waals surface area (Å²) < 4.78 is 0. The quantitative estimate of drug-likeness (QED) is 0.764. The fourth-order valence-electron chi connectivity index (χ4n) is 4.91. The SMILES string of the molecule is CCCCN1CCN(c2cnc(N3C4CCC3CN(C(C)C)C4)nc2)CC1. The summed E-state index contributed by atoms with van der Waals surface area (Å²) in [6.45, 7) is 14.9. The Bertz CT molecular complexity index is 581. The number of unbranched alkanes of at least 4 members (excludes halogenated alkanes) is 1. The molecule has 2 atom stereocenters. The van der Waals surface area contributed by atoms with Gasteiger partial charge in [0.15, 0.2) is 0 Å². The molecule has 6 nitrogen and oxygen atoms in total. The van der Waals surface area contributed by atoms with Crippen LogP contribution in [0.4, 0.5) is 11.6 Å². The van der Waals surface area contributed by atoms with E-state index in [9.17, 15) is 0 Å². The zero-order chi connectivity index (χ0) is 18.8. The largest absolute Gasteiger partial charge is 0.366 e. The molecule has 0 aliphatic carbocycles. The summed E-state index contributed by atoms with van der Waals surface area (Å²) >= 11 is 0. The summed E-state index contributed by atoms with van der Waals surface area (Å²) in [7, 11) is 0. The minimum Gasteiger partial charge on any atom is -0.366 e. The predicted molar refractivity (Wildman–Crippen MR) is 112 cm³/mol. The van der Waals surface area contributed by atoms with E-state index in [2.05, 4.69) is 52.8 Å². The molecule has 1 aromatic rings. The second kappa shape index (κ2) is 8.31. The van der Waals surface area contributed by atoms with Crippen LogP contribution in [0.3, 0.4) is 0 Å². The van der Waals surface area contributed by atoms with Crippen LogP contribution in [0.2, 0.25) is 0 Å². The molecule has 1 aromatic heterocycles. The van der Waals surface area contributed by atoms with Crippen molar-refractivity contribution in [1.82, 2.24) is 19.8 Å². The van der Waals surface area contributed by atoms with Crippen LogP contribution in [-0.2, 0) is 0 Å². The van der Waals surface area contributed by atoms with E-state index in [1.54, 1.807) is 0 Å². The van der Waals surface area contributed by atoms with Crippen molar-refractivity contribution in [1.29, 1.82) is 0 Å². The van der Waals surface area contributed by atoms with E-state index < -0.39 is 0 Å². The van der Waals surface area contributed by atoms with Crippen molar-refractivity contribution in [3.63, 3.8) is 0 Å². The summed E-state index contributed by atoms with van der Waals surface area (Å²) in [5.74, 6) is 0.941. The van der Waals surface area contributed by atoms with Crippen LogP contribution in [0.25, 0.3) is 0 Å². The van der Waals surface area contributed by atoms with Gasteiger partial charge in [-0.25, -0.2) is 9.97 Å². The zero-order valence-corrected chi connectivity index (χ0v) is 17.3. The van der Waals surface area contributed by atoms with Gasteiger partial charge in [-0.2, -0.15) is 0 Å². The number of hydrogen-bond donors (Lipinski definition) is 0. The fourth-order valence-corrected chi connectivity index (χ4v) is 4.91. The van der Waals surface area contributed by atoms with Crippen LogP contribution in [0.15, 0.2) is 12.4 Å². The number of nitrogens with zero attached hydrogens (tertiary/aromatic N) is 6. The Balaban J connectivity index is 1.36. The highest BCUT2D eigenvalue weighted by Gasteiger charge is 2.41. The third kappa shape index (κ3) is 4.06. The van der Waals surface area contributed by atoms with E-state index in [-0.39, 0.29) is 0 Å². The average molecular weight is 373 g/mol. The first-order valence-corrected chi connectivity index (χ1v) is 11.0. The summed E-state index contributed by atoms with van der Waals surface area (Å²) in [6.07, 6.45) is 9.25. The molecule has 0 radical (unpaired) electrons. The third-order valence-corrected chi connectivity index (χ3v) is 6.66. The number of aromatic nitrogens is 2. The molecule has 4 heterocycles. The topological polar surface area (TPSA) is 38.7 Å². The molecule has 0 saturated carbocycles. The first-order valence-electron chi connectivity index (χ1n) is 11.0. The Labute approximate surface area is 164 Å². The van der Waals surface area contributed by atoms with Crippen LogP contribution < -0.4 is 9.80 Å². The van der Waals surface area contributed by atoms with Crippen LogP contribution in [0.5, 0.6) is 0 Å². The number of hydrogen-bond acceptors (Lipinski definition) is 6. The number of likely N-dealkylation sites (tertiary alicyclic amines) is 1. The highest BCUT2D eigenvalue weighted by Crippen LogP contribution is 2.34. The average Bonchev–Trinajstić information content (AvgIpc) is 2.96. The van der Waals surface area contributed by atoms with Crippen molar-refractivity contribution >= 4 is 11.6 Å². The maximum atomic E-state index is 4.80. The second-order valence-corrected chi connectivity index (χ2v) is 8.76. The minimum atomic E-state index is 0.583. The highest BCUT2D eigenvalue weighted by molar-refractivity contribution is 5.47. The van der Waals surface area contributed by atoms with Crippen LogP contribution in [-0.4, -0.2) is 83.7 Å². The van der Waals surface area contributed by atoms with Gasteiger partial charge in [0.2, 0.25) is 5.95 Å². The van der Waals surface area contributed by atoms with Crippen LogP contribution in [0, 0.1) is 0 Å². The Morgan fingerprint density at radius 1 is 1.00 bits per heavy atom. The van der Waals surface area contributed by atoms with Crippen molar-refractivity contribution in [2.75, 3.05) is 55.6 Å². The maximum absolute atomic E-state index is 4.80. The molecule has 0 spiro atoms. The Morgan fingerprint density at radius 2 is 1.63 bits per heavy atom. The summed E-state index contributed by atoms with van der Waals surface area (Å²) in [5, 5.41) is 0. The van der Waals surface area contributed by atoms with Gasteiger partial charge < -0.3 is 9.80 Å². The molecule has 3 fully saturated rings. The van der Waals surface area contributed by atoms with Crippen molar-refractivity contribution in [3.05, 3.63) is 12.4 Å². The molecule has 27 heavy (non-hydrogen) atoms. The minimum absolute atomic E-state index is 0.583. The van der Waals surface area contributed by atoms with Gasteiger partial charge in [-0.05, 0) is 39.7 Å². The lowest BCUT2D eigenvalue weighted by atomic mass is 10.1. The molecule has 3 aliphatic heterocycles. The summed E-state index contributed by atoms with van der Waals surface area (Å²) in [6, 6.07) is 1.80. The van der Waals surface area contributed by atoms with E-state index in [1.165, 1.54) is 37.9 Å². The molecule has 4 rings (SSSR count). The van der Waals surface area contributed by atoms with Crippen LogP contribution in [0.1, 0.15) is 46.5 Å². The molecule has 6 heteroatoms. The molecular weight excluding hydrogens is 336 g/mol. The maximum Gasteiger partial charge on any atom is 0.225 e. The van der Waals surface area contributed by atoms with E-state index in [1.807, 2.05) is 0 Å². The van der Waals surface area contributed by atoms with Crippen molar-refractivity contribution in [2.45, 2.75) is 64.6 Å². The van der Waals surface area contributed by atoms with Gasteiger partial charge in [0.25, 0.3) is 0 Å². The Morgan fingerprint density at radius 3 is 2.19 bits per heavy atom. The molecule has 0 N–H and O–H groups in total. The van der Waals surface area contributed by atoms with Gasteiger partial charge in [-0.15, -0.1) is 0 Å². The van der Waals surface area contributed by atoms with Gasteiger partial charge in [-0.3, -0.25) is 9.80 Å². The van der Waals surface area contributed by atoms with Crippen molar-refractivity contribution < 1.29 is 0 Å². The standard InChI is InChI=1S/C21H36N6/c1-4-5-8-24-9-11-25(12-10-24)20-13-22-21(23-14-20)27-18-6-7-19(27)16-26(15-18)17(2)3/h13-14,17-19H,4-12,15-16H2,1-3H3. The number of rotatable bonds is 6. The normalized spacial score (nSPS) is 27.0. The first kappa shape index (κ1) is 18.9. The molecule has 2 unspecified atom stereocenters. The lowest BCUT2D eigenvalue weighted by Gasteiger charge is -2.43. The molecular formula is C21H36N6. The number of piperazine rings is 2. The highest BCUT2D eigenvalue weighted by atomic mass is 15.4. The zero-order valence-electron chi connectivity index (χ0n) is 17.3. The number of anilines is 2. The first-order chi connectivity index (χ1) is 13.2. The van der Waals surface area contributed by atoms with Gasteiger partial charge in [0.05, 0.1) is 18.1 Å². The second-order valence-electron chi connectivity index (χ2n) is 8.76. The third-order valence-electron chi connectivity index (χ3n) is 6.66. The Hall–Kier alpha value is -1.40. The summed E-state index contributed by atoms with van der Waals surface area (Å²) in [5.41, 5.74) is 1.18. The smallest absolute Gasteiger partial charge is 0.225 e. The number of fused-ring (bicyclic) bond motifs is 2. The van der Waals surface area contributed by atoms with Gasteiger partial charge in [-0.1, -0.05) is 13.3 Å². The molecule has 0 aromatic carbocycles.